The Morgan fingerprint density at radius 1 is 1.08 bits per heavy atom. The Hall–Kier alpha value is -1.43. The van der Waals surface area contributed by atoms with Crippen molar-refractivity contribution in [3.63, 3.8) is 0 Å². The molecule has 0 amide bonds. The summed E-state index contributed by atoms with van der Waals surface area (Å²) in [6.45, 7) is 7.33. The zero-order valence-corrected chi connectivity index (χ0v) is 23.2. The van der Waals surface area contributed by atoms with Gasteiger partial charge < -0.3 is 14.6 Å². The lowest BCUT2D eigenvalue weighted by molar-refractivity contribution is -0.174. The topological polar surface area (TPSA) is 83.6 Å². The number of halogens is 1. The number of aliphatic hydroxyl groups is 2. The number of rotatable bonds is 4. The maximum absolute atomic E-state index is 12.5. The first kappa shape index (κ1) is 25.8. The lowest BCUT2D eigenvalue weighted by atomic mass is 9.43. The van der Waals surface area contributed by atoms with Crippen molar-refractivity contribution in [2.75, 3.05) is 0 Å². The molecule has 2 N–H and O–H groups in total. The Labute approximate surface area is 225 Å². The predicted octanol–water partition coefficient (Wildman–Crippen LogP) is 6.40. The Balaban J connectivity index is 1.19. The van der Waals surface area contributed by atoms with Crippen LogP contribution in [0.4, 0.5) is 0 Å². The molecule has 202 valence electrons. The zero-order valence-electron chi connectivity index (χ0n) is 22.5. The minimum Gasteiger partial charge on any atom is -0.408 e. The Morgan fingerprint density at radius 3 is 2.65 bits per heavy atom. The Kier molecular flexibility index (Phi) is 6.52. The summed E-state index contributed by atoms with van der Waals surface area (Å²) in [5.74, 6) is 3.52. The van der Waals surface area contributed by atoms with Gasteiger partial charge in [0.1, 0.15) is 0 Å². The fourth-order valence-electron chi connectivity index (χ4n) is 9.94. The van der Waals surface area contributed by atoms with Gasteiger partial charge in [0.05, 0.1) is 28.1 Å². The van der Waals surface area contributed by atoms with Gasteiger partial charge in [0.15, 0.2) is 5.89 Å². The maximum atomic E-state index is 12.5. The Bertz CT molecular complexity index is 1230. The fourth-order valence-corrected chi connectivity index (χ4v) is 10.2. The van der Waals surface area contributed by atoms with Crippen molar-refractivity contribution >= 4 is 22.5 Å². The summed E-state index contributed by atoms with van der Waals surface area (Å²) in [6.07, 6.45) is 9.69. The largest absolute Gasteiger partial charge is 0.408 e. The summed E-state index contributed by atoms with van der Waals surface area (Å²) in [7, 11) is 0. The molecule has 6 heteroatoms. The third kappa shape index (κ3) is 4.10. The SMILES string of the molecule is C[C@H](CCc1nc2c(Cl)cccc2c(=O)o1)[C@H]1CC[C@H]2[C@H]3C(CC[C@]12C)[C@@]1(C)CC[C@@H](O)C[C@H]1C[C@H]3O. The van der Waals surface area contributed by atoms with E-state index in [1.807, 2.05) is 0 Å². The van der Waals surface area contributed by atoms with Gasteiger partial charge in [0.2, 0.25) is 0 Å². The highest BCUT2D eigenvalue weighted by Crippen LogP contribution is 2.68. The smallest absolute Gasteiger partial charge is 0.346 e. The van der Waals surface area contributed by atoms with Crippen LogP contribution in [0.3, 0.4) is 0 Å². The van der Waals surface area contributed by atoms with Crippen molar-refractivity contribution in [2.45, 2.75) is 97.2 Å². The number of hydrogen-bond acceptors (Lipinski definition) is 5. The van der Waals surface area contributed by atoms with Gasteiger partial charge in [-0.2, -0.15) is 0 Å². The summed E-state index contributed by atoms with van der Waals surface area (Å²) >= 11 is 6.31. The molecule has 4 aliphatic rings. The monoisotopic (exact) mass is 527 g/mol. The number of aryl methyl sites for hydroxylation is 1. The third-order valence-electron chi connectivity index (χ3n) is 11.9. The van der Waals surface area contributed by atoms with Crippen LogP contribution in [0.5, 0.6) is 0 Å². The number of aliphatic hydroxyl groups excluding tert-OH is 2. The van der Waals surface area contributed by atoms with E-state index in [1.54, 1.807) is 18.2 Å². The van der Waals surface area contributed by atoms with Crippen LogP contribution in [0, 0.1) is 46.3 Å². The average molecular weight is 528 g/mol. The molecule has 0 radical (unpaired) electrons. The maximum Gasteiger partial charge on any atom is 0.346 e. The quantitative estimate of drug-likeness (QED) is 0.480. The molecule has 1 aromatic carbocycles. The predicted molar refractivity (Wildman–Crippen MR) is 145 cm³/mol. The van der Waals surface area contributed by atoms with Crippen molar-refractivity contribution in [2.24, 2.45) is 46.3 Å². The van der Waals surface area contributed by atoms with Gasteiger partial charge in [-0.25, -0.2) is 9.78 Å². The molecule has 0 aliphatic heterocycles. The highest BCUT2D eigenvalue weighted by atomic mass is 35.5. The van der Waals surface area contributed by atoms with Gasteiger partial charge in [0.25, 0.3) is 0 Å². The van der Waals surface area contributed by atoms with Crippen LogP contribution in [-0.2, 0) is 6.42 Å². The van der Waals surface area contributed by atoms with E-state index in [0.29, 0.717) is 63.7 Å². The molecule has 10 atom stereocenters. The average Bonchev–Trinajstić information content (AvgIpc) is 3.21. The van der Waals surface area contributed by atoms with Crippen LogP contribution in [0.1, 0.15) is 84.4 Å². The van der Waals surface area contributed by atoms with E-state index in [2.05, 4.69) is 25.8 Å². The highest BCUT2D eigenvalue weighted by Gasteiger charge is 2.62. The number of aromatic nitrogens is 1. The molecular weight excluding hydrogens is 486 g/mol. The molecule has 0 saturated heterocycles. The van der Waals surface area contributed by atoms with Gasteiger partial charge in [-0.3, -0.25) is 0 Å². The second kappa shape index (κ2) is 9.34. The van der Waals surface area contributed by atoms with E-state index in [9.17, 15) is 15.0 Å². The van der Waals surface area contributed by atoms with Gasteiger partial charge in [-0.05, 0) is 116 Å². The second-order valence-electron chi connectivity index (χ2n) is 13.5. The molecule has 4 saturated carbocycles. The van der Waals surface area contributed by atoms with E-state index in [-0.39, 0.29) is 28.7 Å². The lowest BCUT2D eigenvalue weighted by Gasteiger charge is -2.62. The summed E-state index contributed by atoms with van der Waals surface area (Å²) < 4.78 is 5.57. The van der Waals surface area contributed by atoms with E-state index in [4.69, 9.17) is 16.0 Å². The van der Waals surface area contributed by atoms with Crippen molar-refractivity contribution in [3.05, 3.63) is 39.5 Å². The molecule has 37 heavy (non-hydrogen) atoms. The van der Waals surface area contributed by atoms with Crippen LogP contribution >= 0.6 is 11.6 Å². The molecule has 1 heterocycles. The minimum absolute atomic E-state index is 0.190. The number of benzene rings is 1. The number of fused-ring (bicyclic) bond motifs is 6. The summed E-state index contributed by atoms with van der Waals surface area (Å²) in [6, 6.07) is 5.22. The molecule has 4 aliphatic carbocycles. The fraction of sp³-hybridized carbons (Fsp3) is 0.742. The van der Waals surface area contributed by atoms with Gasteiger partial charge in [-0.15, -0.1) is 0 Å². The van der Waals surface area contributed by atoms with Crippen molar-refractivity contribution in [1.29, 1.82) is 0 Å². The molecule has 0 bridgehead atoms. The van der Waals surface area contributed by atoms with Crippen molar-refractivity contribution < 1.29 is 14.6 Å². The first-order valence-corrected chi connectivity index (χ1v) is 14.9. The van der Waals surface area contributed by atoms with E-state index in [1.165, 1.54) is 25.7 Å². The first-order valence-electron chi connectivity index (χ1n) is 14.6. The lowest BCUT2D eigenvalue weighted by Crippen LogP contribution is -2.58. The molecule has 5 nitrogen and oxygen atoms in total. The molecule has 4 fully saturated rings. The Morgan fingerprint density at radius 2 is 1.84 bits per heavy atom. The van der Waals surface area contributed by atoms with Crippen LogP contribution in [0.15, 0.2) is 27.4 Å². The highest BCUT2D eigenvalue weighted by molar-refractivity contribution is 6.34. The zero-order chi connectivity index (χ0) is 26.1. The summed E-state index contributed by atoms with van der Waals surface area (Å²) in [5.41, 5.74) is 0.659. The summed E-state index contributed by atoms with van der Waals surface area (Å²) in [4.78, 5) is 17.1. The summed E-state index contributed by atoms with van der Waals surface area (Å²) in [5, 5.41) is 22.7. The molecule has 0 spiro atoms. The van der Waals surface area contributed by atoms with Crippen molar-refractivity contribution in [3.8, 4) is 0 Å². The molecule has 6 rings (SSSR count). The minimum atomic E-state index is -0.366. The van der Waals surface area contributed by atoms with Crippen LogP contribution in [0.2, 0.25) is 5.02 Å². The molecular formula is C31H42ClNO4. The molecule has 1 aromatic heterocycles. The van der Waals surface area contributed by atoms with Crippen LogP contribution in [-0.4, -0.2) is 27.4 Å². The molecule has 1 unspecified atom stereocenters. The van der Waals surface area contributed by atoms with Crippen LogP contribution < -0.4 is 5.63 Å². The van der Waals surface area contributed by atoms with E-state index < -0.39 is 0 Å². The second-order valence-corrected chi connectivity index (χ2v) is 13.9. The number of hydrogen-bond donors (Lipinski definition) is 2. The standard InChI is InChI=1S/C31H42ClNO4/c1-17(7-10-26-33-28-20(29(36)37-26)5-4-6-24(28)32)21-8-9-22-27-23(12-14-31(21,22)3)30(2)13-11-19(34)15-18(30)16-25(27)35/h4-6,17-19,21-23,25,27,34-35H,7-16H2,1-3H3/t17-,18+,19-,21-,22+,23?,25-,27+,30+,31-/m1/s1. The number of nitrogens with zero attached hydrogens (tertiary/aromatic N) is 1. The van der Waals surface area contributed by atoms with E-state index >= 15 is 0 Å². The van der Waals surface area contributed by atoms with Crippen molar-refractivity contribution in [1.82, 2.24) is 4.98 Å². The van der Waals surface area contributed by atoms with Gasteiger partial charge >= 0.3 is 5.63 Å². The third-order valence-corrected chi connectivity index (χ3v) is 12.2. The number of para-hydroxylation sites is 1. The molecule has 2 aromatic rings. The van der Waals surface area contributed by atoms with Gasteiger partial charge in [-0.1, -0.05) is 38.4 Å². The normalized spacial score (nSPS) is 42.2. The first-order chi connectivity index (χ1) is 17.6. The van der Waals surface area contributed by atoms with Crippen LogP contribution in [0.25, 0.3) is 10.9 Å². The van der Waals surface area contributed by atoms with E-state index in [0.717, 1.165) is 32.1 Å². The van der Waals surface area contributed by atoms with Gasteiger partial charge in [0, 0.05) is 6.42 Å².